The second-order valence-corrected chi connectivity index (χ2v) is 3.68. The van der Waals surface area contributed by atoms with Gasteiger partial charge in [0.1, 0.15) is 5.82 Å². The zero-order chi connectivity index (χ0) is 11.4. The Balaban J connectivity index is 1.87. The molecule has 2 aromatic heterocycles. The Morgan fingerprint density at radius 1 is 1.31 bits per heavy atom. The minimum Gasteiger partial charge on any atom is -0.334 e. The molecule has 0 radical (unpaired) electrons. The van der Waals surface area contributed by atoms with Gasteiger partial charge < -0.3 is 9.88 Å². The maximum atomic E-state index is 4.31. The average Bonchev–Trinajstić information content (AvgIpc) is 2.88. The summed E-state index contributed by atoms with van der Waals surface area (Å²) in [6.07, 6.45) is 5.65. The molecule has 1 N–H and O–H groups in total. The number of nitrogens with zero attached hydrogens (tertiary/aromatic N) is 4. The van der Waals surface area contributed by atoms with Gasteiger partial charge in [0.25, 0.3) is 0 Å². The predicted octanol–water partition coefficient (Wildman–Crippen LogP) is 0.926. The number of aryl methyl sites for hydroxylation is 2. The Bertz CT molecular complexity index is 443. The van der Waals surface area contributed by atoms with Gasteiger partial charge in [-0.3, -0.25) is 4.68 Å². The van der Waals surface area contributed by atoms with Gasteiger partial charge in [-0.1, -0.05) is 0 Å². The summed E-state index contributed by atoms with van der Waals surface area (Å²) < 4.78 is 4.01. The number of nitrogens with one attached hydrogen (secondary N) is 1. The molecule has 16 heavy (non-hydrogen) atoms. The molecule has 5 heteroatoms. The van der Waals surface area contributed by atoms with Crippen LogP contribution in [0.25, 0.3) is 0 Å². The summed E-state index contributed by atoms with van der Waals surface area (Å²) in [5, 5.41) is 7.48. The fraction of sp³-hybridized carbons (Fsp3) is 0.455. The molecule has 0 unspecified atom stereocenters. The maximum Gasteiger partial charge on any atom is 0.122 e. The lowest BCUT2D eigenvalue weighted by atomic mass is 10.4. The summed E-state index contributed by atoms with van der Waals surface area (Å²) >= 11 is 0. The smallest absolute Gasteiger partial charge is 0.122 e. The largest absolute Gasteiger partial charge is 0.334 e. The van der Waals surface area contributed by atoms with Crippen molar-refractivity contribution in [3.05, 3.63) is 36.2 Å². The van der Waals surface area contributed by atoms with E-state index in [0.29, 0.717) is 0 Å². The Hall–Kier alpha value is -1.62. The van der Waals surface area contributed by atoms with Gasteiger partial charge in [-0.2, -0.15) is 5.10 Å². The molecular formula is C11H17N5. The normalized spacial score (nSPS) is 10.9. The third-order valence-electron chi connectivity index (χ3n) is 2.65. The van der Waals surface area contributed by atoms with E-state index in [0.717, 1.165) is 25.5 Å². The molecule has 2 rings (SSSR count). The minimum absolute atomic E-state index is 0.784. The second-order valence-electron chi connectivity index (χ2n) is 3.68. The van der Waals surface area contributed by atoms with Crippen molar-refractivity contribution >= 4 is 0 Å². The van der Waals surface area contributed by atoms with Crippen LogP contribution in [0, 0.1) is 0 Å². The number of rotatable bonds is 5. The highest BCUT2D eigenvalue weighted by molar-refractivity contribution is 5.00. The fourth-order valence-corrected chi connectivity index (χ4v) is 1.67. The number of imidazole rings is 1. The highest BCUT2D eigenvalue weighted by atomic mass is 15.3. The van der Waals surface area contributed by atoms with Crippen LogP contribution in [0.3, 0.4) is 0 Å². The topological polar surface area (TPSA) is 47.7 Å². The molecule has 0 atom stereocenters. The van der Waals surface area contributed by atoms with Crippen molar-refractivity contribution in [2.75, 3.05) is 0 Å². The van der Waals surface area contributed by atoms with Gasteiger partial charge in [-0.25, -0.2) is 4.98 Å². The molecule has 0 saturated carbocycles. The Labute approximate surface area is 95.1 Å². The van der Waals surface area contributed by atoms with Crippen LogP contribution in [0.15, 0.2) is 24.7 Å². The molecule has 0 aliphatic rings. The molecule has 0 amide bonds. The molecule has 0 saturated heterocycles. The zero-order valence-corrected chi connectivity index (χ0v) is 9.72. The van der Waals surface area contributed by atoms with Crippen molar-refractivity contribution in [3.63, 3.8) is 0 Å². The molecule has 2 heterocycles. The molecule has 0 fully saturated rings. The molecule has 0 aliphatic heterocycles. The molecular weight excluding hydrogens is 202 g/mol. The van der Waals surface area contributed by atoms with E-state index >= 15 is 0 Å². The van der Waals surface area contributed by atoms with Gasteiger partial charge in [0, 0.05) is 38.7 Å². The van der Waals surface area contributed by atoms with Gasteiger partial charge in [-0.05, 0) is 13.0 Å². The minimum atomic E-state index is 0.784. The molecule has 2 aromatic rings. The molecule has 0 bridgehead atoms. The maximum absolute atomic E-state index is 4.31. The van der Waals surface area contributed by atoms with Crippen LogP contribution >= 0.6 is 0 Å². The summed E-state index contributed by atoms with van der Waals surface area (Å²) in [5.74, 6) is 1.07. The number of hydrogen-bond acceptors (Lipinski definition) is 3. The lowest BCUT2D eigenvalue weighted by Gasteiger charge is -2.06. The van der Waals surface area contributed by atoms with Gasteiger partial charge in [-0.15, -0.1) is 0 Å². The number of hydrogen-bond donors (Lipinski definition) is 1. The quantitative estimate of drug-likeness (QED) is 0.813. The molecule has 0 aliphatic carbocycles. The first kappa shape index (κ1) is 10.9. The summed E-state index contributed by atoms with van der Waals surface area (Å²) in [5.41, 5.74) is 1.18. The van der Waals surface area contributed by atoms with Gasteiger partial charge >= 0.3 is 0 Å². The summed E-state index contributed by atoms with van der Waals surface area (Å²) in [4.78, 5) is 4.31. The first-order chi connectivity index (χ1) is 7.81. The van der Waals surface area contributed by atoms with E-state index in [2.05, 4.69) is 26.9 Å². The highest BCUT2D eigenvalue weighted by Gasteiger charge is 2.01. The molecule has 5 nitrogen and oxygen atoms in total. The monoisotopic (exact) mass is 219 g/mol. The molecule has 0 spiro atoms. The van der Waals surface area contributed by atoms with Crippen LogP contribution in [0.5, 0.6) is 0 Å². The standard InChI is InChI=1S/C11H17N5/c1-3-16-7-6-13-11(16)9-12-8-10-4-5-14-15(10)2/h4-7,12H,3,8-9H2,1-2H3. The summed E-state index contributed by atoms with van der Waals surface area (Å²) in [6.45, 7) is 4.67. The van der Waals surface area contributed by atoms with Crippen LogP contribution in [0.2, 0.25) is 0 Å². The lowest BCUT2D eigenvalue weighted by molar-refractivity contribution is 0.586. The van der Waals surface area contributed by atoms with Crippen molar-refractivity contribution in [1.82, 2.24) is 24.6 Å². The van der Waals surface area contributed by atoms with E-state index in [1.807, 2.05) is 36.4 Å². The Morgan fingerprint density at radius 3 is 2.88 bits per heavy atom. The summed E-state index contributed by atoms with van der Waals surface area (Å²) in [6, 6.07) is 2.01. The number of aromatic nitrogens is 4. The highest BCUT2D eigenvalue weighted by Crippen LogP contribution is 1.99. The van der Waals surface area contributed by atoms with E-state index in [1.54, 1.807) is 0 Å². The van der Waals surface area contributed by atoms with Gasteiger partial charge in [0.2, 0.25) is 0 Å². The average molecular weight is 219 g/mol. The SMILES string of the molecule is CCn1ccnc1CNCc1ccnn1C. The van der Waals surface area contributed by atoms with Crippen molar-refractivity contribution < 1.29 is 0 Å². The first-order valence-electron chi connectivity index (χ1n) is 5.49. The van der Waals surface area contributed by atoms with E-state index in [1.165, 1.54) is 5.69 Å². The van der Waals surface area contributed by atoms with E-state index in [-0.39, 0.29) is 0 Å². The summed E-state index contributed by atoms with van der Waals surface area (Å²) in [7, 11) is 1.95. The molecule has 0 aromatic carbocycles. The van der Waals surface area contributed by atoms with Crippen LogP contribution in [-0.4, -0.2) is 19.3 Å². The van der Waals surface area contributed by atoms with Crippen LogP contribution in [-0.2, 0) is 26.7 Å². The van der Waals surface area contributed by atoms with Gasteiger partial charge in [0.15, 0.2) is 0 Å². The Kier molecular flexibility index (Phi) is 3.36. The lowest BCUT2D eigenvalue weighted by Crippen LogP contribution is -2.18. The predicted molar refractivity (Wildman–Crippen MR) is 61.7 cm³/mol. The van der Waals surface area contributed by atoms with Crippen molar-refractivity contribution in [2.45, 2.75) is 26.6 Å². The van der Waals surface area contributed by atoms with Crippen molar-refractivity contribution in [2.24, 2.45) is 7.05 Å². The van der Waals surface area contributed by atoms with Gasteiger partial charge in [0.05, 0.1) is 12.2 Å². The van der Waals surface area contributed by atoms with Crippen LogP contribution in [0.1, 0.15) is 18.4 Å². The van der Waals surface area contributed by atoms with E-state index in [9.17, 15) is 0 Å². The van der Waals surface area contributed by atoms with Crippen LogP contribution < -0.4 is 5.32 Å². The fourth-order valence-electron chi connectivity index (χ4n) is 1.67. The first-order valence-corrected chi connectivity index (χ1v) is 5.49. The second kappa shape index (κ2) is 4.94. The Morgan fingerprint density at radius 2 is 2.19 bits per heavy atom. The third-order valence-corrected chi connectivity index (χ3v) is 2.65. The zero-order valence-electron chi connectivity index (χ0n) is 9.72. The van der Waals surface area contributed by atoms with Crippen molar-refractivity contribution in [1.29, 1.82) is 0 Å². The van der Waals surface area contributed by atoms with E-state index in [4.69, 9.17) is 0 Å². The van der Waals surface area contributed by atoms with Crippen molar-refractivity contribution in [3.8, 4) is 0 Å². The van der Waals surface area contributed by atoms with E-state index < -0.39 is 0 Å². The molecule has 86 valence electrons. The van der Waals surface area contributed by atoms with Crippen LogP contribution in [0.4, 0.5) is 0 Å². The third kappa shape index (κ3) is 2.30.